The van der Waals surface area contributed by atoms with Gasteiger partial charge in [0.25, 0.3) is 0 Å². The standard InChI is InChI=1S/C19H18ClN3O2/c1-12-4-5-13(2)15(10-12)11-25-19(24)18-14(3)23(22-21-18)17-8-6-16(20)7-9-17/h4-10H,11H2,1-3H3. The molecule has 0 unspecified atom stereocenters. The quantitative estimate of drug-likeness (QED) is 0.658. The van der Waals surface area contributed by atoms with E-state index in [4.69, 9.17) is 16.3 Å². The van der Waals surface area contributed by atoms with Crippen LogP contribution in [0.3, 0.4) is 0 Å². The molecule has 0 radical (unpaired) electrons. The number of benzene rings is 2. The summed E-state index contributed by atoms with van der Waals surface area (Å²) in [5.41, 5.74) is 4.80. The largest absolute Gasteiger partial charge is 0.456 e. The summed E-state index contributed by atoms with van der Waals surface area (Å²) in [6.45, 7) is 5.99. The molecular formula is C19H18ClN3O2. The molecule has 0 amide bonds. The number of rotatable bonds is 4. The zero-order chi connectivity index (χ0) is 18.0. The number of carbonyl (C=O) groups is 1. The number of esters is 1. The van der Waals surface area contributed by atoms with Crippen LogP contribution in [0.15, 0.2) is 42.5 Å². The van der Waals surface area contributed by atoms with Crippen LogP contribution in [-0.4, -0.2) is 21.0 Å². The lowest BCUT2D eigenvalue weighted by atomic mass is 10.1. The minimum Gasteiger partial charge on any atom is -0.456 e. The first-order valence-electron chi connectivity index (χ1n) is 7.87. The minimum absolute atomic E-state index is 0.208. The Morgan fingerprint density at radius 3 is 2.56 bits per heavy atom. The van der Waals surface area contributed by atoms with Gasteiger partial charge in [-0.25, -0.2) is 9.48 Å². The van der Waals surface area contributed by atoms with Crippen molar-refractivity contribution >= 4 is 17.6 Å². The predicted octanol–water partition coefficient (Wildman–Crippen LogP) is 4.20. The van der Waals surface area contributed by atoms with Gasteiger partial charge in [0.15, 0.2) is 5.69 Å². The Hall–Kier alpha value is -2.66. The summed E-state index contributed by atoms with van der Waals surface area (Å²) in [7, 11) is 0. The number of aromatic nitrogens is 3. The molecule has 3 rings (SSSR count). The summed E-state index contributed by atoms with van der Waals surface area (Å²) in [6, 6.07) is 13.2. The molecule has 2 aromatic carbocycles. The highest BCUT2D eigenvalue weighted by atomic mass is 35.5. The third-order valence-corrected chi connectivity index (χ3v) is 4.27. The molecule has 0 saturated carbocycles. The van der Waals surface area contributed by atoms with E-state index in [0.717, 1.165) is 22.4 Å². The smallest absolute Gasteiger partial charge is 0.361 e. The fourth-order valence-electron chi connectivity index (χ4n) is 2.51. The topological polar surface area (TPSA) is 57.0 Å². The van der Waals surface area contributed by atoms with Crippen molar-refractivity contribution in [1.29, 1.82) is 0 Å². The molecule has 0 atom stereocenters. The van der Waals surface area contributed by atoms with Gasteiger partial charge >= 0.3 is 5.97 Å². The molecule has 0 aliphatic rings. The van der Waals surface area contributed by atoms with Crippen molar-refractivity contribution in [3.05, 3.63) is 75.6 Å². The molecule has 6 heteroatoms. The zero-order valence-corrected chi connectivity index (χ0v) is 15.0. The van der Waals surface area contributed by atoms with Gasteiger partial charge < -0.3 is 4.74 Å². The summed E-state index contributed by atoms with van der Waals surface area (Å²) in [5.74, 6) is -0.487. The first kappa shape index (κ1) is 17.2. The molecule has 3 aromatic rings. The first-order valence-corrected chi connectivity index (χ1v) is 8.25. The Morgan fingerprint density at radius 2 is 1.84 bits per heavy atom. The van der Waals surface area contributed by atoms with E-state index in [2.05, 4.69) is 10.3 Å². The highest BCUT2D eigenvalue weighted by molar-refractivity contribution is 6.30. The maximum absolute atomic E-state index is 12.4. The Morgan fingerprint density at radius 1 is 1.12 bits per heavy atom. The molecule has 0 fully saturated rings. The van der Waals surface area contributed by atoms with Crippen molar-refractivity contribution in [2.75, 3.05) is 0 Å². The number of ether oxygens (including phenoxy) is 1. The number of aryl methyl sites for hydroxylation is 2. The van der Waals surface area contributed by atoms with Crippen LogP contribution in [-0.2, 0) is 11.3 Å². The molecule has 25 heavy (non-hydrogen) atoms. The minimum atomic E-state index is -0.487. The van der Waals surface area contributed by atoms with E-state index >= 15 is 0 Å². The first-order chi connectivity index (χ1) is 12.0. The monoisotopic (exact) mass is 355 g/mol. The number of carbonyl (C=O) groups excluding carboxylic acids is 1. The van der Waals surface area contributed by atoms with Gasteiger partial charge in [-0.05, 0) is 56.2 Å². The van der Waals surface area contributed by atoms with Gasteiger partial charge in [0.05, 0.1) is 11.4 Å². The van der Waals surface area contributed by atoms with E-state index in [1.165, 1.54) is 0 Å². The Bertz CT molecular complexity index is 917. The lowest BCUT2D eigenvalue weighted by molar-refractivity contribution is 0.0464. The molecule has 5 nitrogen and oxygen atoms in total. The van der Waals surface area contributed by atoms with Crippen molar-refractivity contribution in [2.45, 2.75) is 27.4 Å². The summed E-state index contributed by atoms with van der Waals surface area (Å²) in [5, 5.41) is 8.65. The number of hydrogen-bond acceptors (Lipinski definition) is 4. The van der Waals surface area contributed by atoms with Gasteiger partial charge in [-0.15, -0.1) is 5.10 Å². The molecular weight excluding hydrogens is 338 g/mol. The van der Waals surface area contributed by atoms with E-state index in [0.29, 0.717) is 10.7 Å². The van der Waals surface area contributed by atoms with E-state index < -0.39 is 5.97 Å². The van der Waals surface area contributed by atoms with Gasteiger partial charge in [0.1, 0.15) is 6.61 Å². The third-order valence-electron chi connectivity index (χ3n) is 4.02. The van der Waals surface area contributed by atoms with Crippen LogP contribution >= 0.6 is 11.6 Å². The highest BCUT2D eigenvalue weighted by Crippen LogP contribution is 2.17. The maximum Gasteiger partial charge on any atom is 0.361 e. The second-order valence-electron chi connectivity index (χ2n) is 5.92. The fraction of sp³-hybridized carbons (Fsp3) is 0.211. The van der Waals surface area contributed by atoms with Gasteiger partial charge in [-0.2, -0.15) is 0 Å². The summed E-state index contributed by atoms with van der Waals surface area (Å²) in [6.07, 6.45) is 0. The van der Waals surface area contributed by atoms with Crippen molar-refractivity contribution in [1.82, 2.24) is 15.0 Å². The Kier molecular flexibility index (Phi) is 4.86. The number of halogens is 1. The fourth-order valence-corrected chi connectivity index (χ4v) is 2.64. The zero-order valence-electron chi connectivity index (χ0n) is 14.3. The van der Waals surface area contributed by atoms with Crippen LogP contribution in [0.4, 0.5) is 0 Å². The molecule has 0 aliphatic carbocycles. The van der Waals surface area contributed by atoms with Crippen molar-refractivity contribution in [2.24, 2.45) is 0 Å². The Labute approximate surface area is 151 Å². The third kappa shape index (κ3) is 3.72. The lowest BCUT2D eigenvalue weighted by Crippen LogP contribution is -2.09. The summed E-state index contributed by atoms with van der Waals surface area (Å²) >= 11 is 5.90. The molecule has 1 heterocycles. The average Bonchev–Trinajstić information content (AvgIpc) is 2.98. The second-order valence-corrected chi connectivity index (χ2v) is 6.35. The summed E-state index contributed by atoms with van der Waals surface area (Å²) in [4.78, 5) is 12.4. The van der Waals surface area contributed by atoms with Gasteiger partial charge in [0.2, 0.25) is 0 Å². The number of hydrogen-bond donors (Lipinski definition) is 0. The van der Waals surface area contributed by atoms with Crippen LogP contribution in [0.5, 0.6) is 0 Å². The van der Waals surface area contributed by atoms with Crippen LogP contribution < -0.4 is 0 Å². The molecule has 0 aliphatic heterocycles. The Balaban J connectivity index is 1.77. The molecule has 1 aromatic heterocycles. The van der Waals surface area contributed by atoms with Crippen LogP contribution in [0, 0.1) is 20.8 Å². The van der Waals surface area contributed by atoms with Gasteiger partial charge in [-0.3, -0.25) is 0 Å². The van der Waals surface area contributed by atoms with Crippen LogP contribution in [0.2, 0.25) is 5.02 Å². The van der Waals surface area contributed by atoms with Crippen molar-refractivity contribution in [3.8, 4) is 5.69 Å². The predicted molar refractivity (Wildman–Crippen MR) is 96.1 cm³/mol. The molecule has 0 bridgehead atoms. The second kappa shape index (κ2) is 7.07. The highest BCUT2D eigenvalue weighted by Gasteiger charge is 2.19. The molecule has 0 saturated heterocycles. The maximum atomic E-state index is 12.4. The van der Waals surface area contributed by atoms with Crippen molar-refractivity contribution in [3.63, 3.8) is 0 Å². The van der Waals surface area contributed by atoms with Gasteiger partial charge in [0, 0.05) is 5.02 Å². The van der Waals surface area contributed by atoms with Crippen molar-refractivity contribution < 1.29 is 9.53 Å². The van der Waals surface area contributed by atoms with E-state index in [1.807, 2.05) is 44.2 Å². The SMILES string of the molecule is Cc1ccc(C)c(COC(=O)c2nnn(-c3ccc(Cl)cc3)c2C)c1. The normalized spacial score (nSPS) is 10.7. The molecule has 0 N–H and O–H groups in total. The van der Waals surface area contributed by atoms with E-state index in [-0.39, 0.29) is 12.3 Å². The summed E-state index contributed by atoms with van der Waals surface area (Å²) < 4.78 is 7.01. The molecule has 0 spiro atoms. The van der Waals surface area contributed by atoms with E-state index in [9.17, 15) is 4.79 Å². The van der Waals surface area contributed by atoms with Crippen LogP contribution in [0.25, 0.3) is 5.69 Å². The number of nitrogens with zero attached hydrogens (tertiary/aromatic N) is 3. The van der Waals surface area contributed by atoms with Crippen LogP contribution in [0.1, 0.15) is 32.9 Å². The molecule has 128 valence electrons. The average molecular weight is 356 g/mol. The lowest BCUT2D eigenvalue weighted by Gasteiger charge is -2.08. The van der Waals surface area contributed by atoms with Gasteiger partial charge in [-0.1, -0.05) is 40.6 Å². The van der Waals surface area contributed by atoms with E-state index in [1.54, 1.807) is 23.7 Å².